The number of thiophene rings is 1. The first kappa shape index (κ1) is 11.7. The molecule has 0 N–H and O–H groups in total. The molecule has 0 fully saturated rings. The van der Waals surface area contributed by atoms with Crippen LogP contribution in [0.25, 0.3) is 11.1 Å². The summed E-state index contributed by atoms with van der Waals surface area (Å²) in [6, 6.07) is 9.50. The quantitative estimate of drug-likeness (QED) is 0.782. The number of carbonyl (C=O) groups excluding carboxylic acids is 1. The molecule has 0 amide bonds. The van der Waals surface area contributed by atoms with Gasteiger partial charge < -0.3 is 9.47 Å². The topological polar surface area (TPSA) is 35.5 Å². The summed E-state index contributed by atoms with van der Waals surface area (Å²) < 4.78 is 9.84. The lowest BCUT2D eigenvalue weighted by Crippen LogP contribution is -1.99. The van der Waals surface area contributed by atoms with Crippen LogP contribution in [0.4, 0.5) is 0 Å². The van der Waals surface area contributed by atoms with Crippen LogP contribution in [0.3, 0.4) is 0 Å². The molecule has 0 aliphatic rings. The van der Waals surface area contributed by atoms with Crippen molar-refractivity contribution in [3.8, 4) is 16.9 Å². The first-order chi connectivity index (χ1) is 8.26. The number of rotatable bonds is 3. The molecule has 0 bridgehead atoms. The highest BCUT2D eigenvalue weighted by Crippen LogP contribution is 2.30. The van der Waals surface area contributed by atoms with Crippen molar-refractivity contribution in [2.45, 2.75) is 0 Å². The molecule has 1 heterocycles. The Labute approximate surface area is 104 Å². The van der Waals surface area contributed by atoms with Gasteiger partial charge in [0.15, 0.2) is 0 Å². The van der Waals surface area contributed by atoms with E-state index in [0.717, 1.165) is 16.9 Å². The van der Waals surface area contributed by atoms with Crippen molar-refractivity contribution in [2.24, 2.45) is 0 Å². The summed E-state index contributed by atoms with van der Waals surface area (Å²) in [6.45, 7) is 0. The van der Waals surface area contributed by atoms with Crippen LogP contribution >= 0.6 is 11.3 Å². The maximum atomic E-state index is 11.6. The van der Waals surface area contributed by atoms with E-state index in [9.17, 15) is 4.79 Å². The number of ether oxygens (including phenoxy) is 2. The highest BCUT2D eigenvalue weighted by Gasteiger charge is 2.14. The van der Waals surface area contributed by atoms with E-state index < -0.39 is 0 Å². The lowest BCUT2D eigenvalue weighted by molar-refractivity contribution is 0.0607. The number of hydrogen-bond donors (Lipinski definition) is 0. The molecular weight excluding hydrogens is 236 g/mol. The van der Waals surface area contributed by atoms with Gasteiger partial charge in [0.05, 0.1) is 14.2 Å². The van der Waals surface area contributed by atoms with Crippen molar-refractivity contribution in [2.75, 3.05) is 14.2 Å². The maximum Gasteiger partial charge on any atom is 0.348 e. The van der Waals surface area contributed by atoms with Crippen molar-refractivity contribution < 1.29 is 14.3 Å². The third-order valence-corrected chi connectivity index (χ3v) is 3.33. The largest absolute Gasteiger partial charge is 0.497 e. The summed E-state index contributed by atoms with van der Waals surface area (Å²) in [6.07, 6.45) is 0. The Morgan fingerprint density at radius 1 is 1.12 bits per heavy atom. The fourth-order valence-corrected chi connectivity index (χ4v) is 2.39. The van der Waals surface area contributed by atoms with Gasteiger partial charge in [0.25, 0.3) is 0 Å². The molecule has 0 saturated carbocycles. The predicted molar refractivity (Wildman–Crippen MR) is 67.6 cm³/mol. The third-order valence-electron chi connectivity index (χ3n) is 2.44. The van der Waals surface area contributed by atoms with Gasteiger partial charge in [0.1, 0.15) is 10.6 Å². The summed E-state index contributed by atoms with van der Waals surface area (Å²) in [5.74, 6) is 0.495. The summed E-state index contributed by atoms with van der Waals surface area (Å²) in [4.78, 5) is 12.2. The van der Waals surface area contributed by atoms with Crippen molar-refractivity contribution in [1.82, 2.24) is 0 Å². The zero-order valence-corrected chi connectivity index (χ0v) is 10.4. The molecule has 2 rings (SSSR count). The van der Waals surface area contributed by atoms with Crippen LogP contribution in [0.5, 0.6) is 5.75 Å². The van der Waals surface area contributed by atoms with Crippen molar-refractivity contribution in [3.05, 3.63) is 40.6 Å². The summed E-state index contributed by atoms with van der Waals surface area (Å²) in [5, 5.41) is 1.88. The molecule has 1 aromatic carbocycles. The highest BCUT2D eigenvalue weighted by atomic mass is 32.1. The van der Waals surface area contributed by atoms with E-state index in [4.69, 9.17) is 9.47 Å². The van der Waals surface area contributed by atoms with Crippen LogP contribution in [0, 0.1) is 0 Å². The Kier molecular flexibility index (Phi) is 3.44. The van der Waals surface area contributed by atoms with Gasteiger partial charge in [-0.3, -0.25) is 0 Å². The molecule has 0 aliphatic heterocycles. The smallest absolute Gasteiger partial charge is 0.348 e. The van der Waals surface area contributed by atoms with Gasteiger partial charge in [-0.2, -0.15) is 0 Å². The van der Waals surface area contributed by atoms with Crippen molar-refractivity contribution in [1.29, 1.82) is 0 Å². The molecule has 0 saturated heterocycles. The molecule has 1 aromatic heterocycles. The van der Waals surface area contributed by atoms with E-state index in [1.165, 1.54) is 18.4 Å². The number of hydrogen-bond acceptors (Lipinski definition) is 4. The molecule has 4 heteroatoms. The Bertz CT molecular complexity index is 514. The summed E-state index contributed by atoms with van der Waals surface area (Å²) in [5.41, 5.74) is 1.87. The second kappa shape index (κ2) is 5.01. The Hall–Kier alpha value is -1.81. The first-order valence-electron chi connectivity index (χ1n) is 5.06. The normalized spacial score (nSPS) is 10.0. The van der Waals surface area contributed by atoms with Crippen LogP contribution in [0.1, 0.15) is 9.67 Å². The van der Waals surface area contributed by atoms with Gasteiger partial charge in [0, 0.05) is 5.56 Å². The predicted octanol–water partition coefficient (Wildman–Crippen LogP) is 3.21. The van der Waals surface area contributed by atoms with E-state index in [-0.39, 0.29) is 5.97 Å². The van der Waals surface area contributed by atoms with E-state index >= 15 is 0 Å². The molecule has 0 radical (unpaired) electrons. The SMILES string of the molecule is COC(=O)c1sccc1-c1ccc(OC)cc1. The number of carbonyl (C=O) groups is 1. The lowest BCUT2D eigenvalue weighted by Gasteiger charge is -2.04. The van der Waals surface area contributed by atoms with Gasteiger partial charge in [-0.05, 0) is 29.1 Å². The van der Waals surface area contributed by atoms with Crippen LogP contribution in [0.15, 0.2) is 35.7 Å². The fourth-order valence-electron chi connectivity index (χ4n) is 1.56. The zero-order chi connectivity index (χ0) is 12.3. The molecule has 0 aliphatic carbocycles. The van der Waals surface area contributed by atoms with E-state index in [1.807, 2.05) is 35.7 Å². The minimum atomic E-state index is -0.300. The van der Waals surface area contributed by atoms with Crippen molar-refractivity contribution >= 4 is 17.3 Å². The molecule has 3 nitrogen and oxygen atoms in total. The molecule has 17 heavy (non-hydrogen) atoms. The van der Waals surface area contributed by atoms with E-state index in [1.54, 1.807) is 7.11 Å². The van der Waals surface area contributed by atoms with Crippen LogP contribution in [-0.2, 0) is 4.74 Å². The Morgan fingerprint density at radius 2 is 1.82 bits per heavy atom. The highest BCUT2D eigenvalue weighted by molar-refractivity contribution is 7.12. The van der Waals surface area contributed by atoms with Gasteiger partial charge in [-0.1, -0.05) is 12.1 Å². The molecule has 0 atom stereocenters. The Balaban J connectivity index is 2.39. The lowest BCUT2D eigenvalue weighted by atomic mass is 10.1. The maximum absolute atomic E-state index is 11.6. The monoisotopic (exact) mass is 248 g/mol. The minimum absolute atomic E-state index is 0.300. The molecule has 88 valence electrons. The molecule has 0 unspecified atom stereocenters. The molecular formula is C13H12O3S. The van der Waals surface area contributed by atoms with Crippen LogP contribution < -0.4 is 4.74 Å². The number of methoxy groups -OCH3 is 2. The number of benzene rings is 1. The third kappa shape index (κ3) is 2.31. The Morgan fingerprint density at radius 3 is 2.41 bits per heavy atom. The van der Waals surface area contributed by atoms with E-state index in [0.29, 0.717) is 4.88 Å². The second-order valence-electron chi connectivity index (χ2n) is 3.38. The van der Waals surface area contributed by atoms with Gasteiger partial charge in [0.2, 0.25) is 0 Å². The van der Waals surface area contributed by atoms with Crippen LogP contribution in [0.2, 0.25) is 0 Å². The van der Waals surface area contributed by atoms with Crippen LogP contribution in [-0.4, -0.2) is 20.2 Å². The average Bonchev–Trinajstić information content (AvgIpc) is 2.87. The van der Waals surface area contributed by atoms with Gasteiger partial charge in [-0.15, -0.1) is 11.3 Å². The van der Waals surface area contributed by atoms with Gasteiger partial charge in [-0.25, -0.2) is 4.79 Å². The zero-order valence-electron chi connectivity index (χ0n) is 9.60. The molecule has 2 aromatic rings. The minimum Gasteiger partial charge on any atom is -0.497 e. The first-order valence-corrected chi connectivity index (χ1v) is 5.94. The summed E-state index contributed by atoms with van der Waals surface area (Å²) in [7, 11) is 3.01. The molecule has 0 spiro atoms. The second-order valence-corrected chi connectivity index (χ2v) is 4.30. The van der Waals surface area contributed by atoms with Gasteiger partial charge >= 0.3 is 5.97 Å². The number of esters is 1. The average molecular weight is 248 g/mol. The van der Waals surface area contributed by atoms with E-state index in [2.05, 4.69) is 0 Å². The summed E-state index contributed by atoms with van der Waals surface area (Å²) >= 11 is 1.38. The fraction of sp³-hybridized carbons (Fsp3) is 0.154. The van der Waals surface area contributed by atoms with Crippen molar-refractivity contribution in [3.63, 3.8) is 0 Å². The standard InChI is InChI=1S/C13H12O3S/c1-15-10-5-3-9(4-6-10)11-7-8-17-12(11)13(14)16-2/h3-8H,1-2H3.